The maximum absolute atomic E-state index is 13.6. The van der Waals surface area contributed by atoms with Crippen molar-refractivity contribution in [2.24, 2.45) is 0 Å². The van der Waals surface area contributed by atoms with Crippen molar-refractivity contribution in [3.8, 4) is 11.8 Å². The molecule has 1 heterocycles. The van der Waals surface area contributed by atoms with Gasteiger partial charge in [0.25, 0.3) is 5.56 Å². The number of aromatic nitrogens is 2. The lowest BCUT2D eigenvalue weighted by Gasteiger charge is -2.07. The number of rotatable bonds is 1. The zero-order chi connectivity index (χ0) is 14.2. The summed E-state index contributed by atoms with van der Waals surface area (Å²) >= 11 is 2.86. The van der Waals surface area contributed by atoms with Gasteiger partial charge in [-0.25, -0.2) is 13.6 Å². The lowest BCUT2D eigenvalue weighted by atomic mass is 10.3. The second-order valence-electron chi connectivity index (χ2n) is 3.50. The highest BCUT2D eigenvalue weighted by atomic mass is 79.9. The first-order chi connectivity index (χ1) is 8.93. The smallest absolute Gasteiger partial charge is 0.273 e. The van der Waals surface area contributed by atoms with Crippen LogP contribution in [-0.4, -0.2) is 9.55 Å². The lowest BCUT2D eigenvalue weighted by molar-refractivity contribution is 0.571. The average Bonchev–Trinajstić information content (AvgIpc) is 2.35. The molecular weight excluding hydrogens is 324 g/mol. The Bertz CT molecular complexity index is 820. The second-order valence-corrected chi connectivity index (χ2v) is 4.36. The second kappa shape index (κ2) is 4.78. The molecule has 0 aliphatic heterocycles. The van der Waals surface area contributed by atoms with Gasteiger partial charge in [-0.05, 0) is 22.0 Å². The first-order valence-corrected chi connectivity index (χ1v) is 5.64. The minimum atomic E-state index is -1.00. The summed E-state index contributed by atoms with van der Waals surface area (Å²) in [6, 6.07) is 3.19. The molecule has 0 aliphatic rings. The van der Waals surface area contributed by atoms with Crippen molar-refractivity contribution in [2.75, 3.05) is 0 Å². The highest BCUT2D eigenvalue weighted by Gasteiger charge is 2.13. The summed E-state index contributed by atoms with van der Waals surface area (Å²) < 4.78 is 27.4. The summed E-state index contributed by atoms with van der Waals surface area (Å²) in [5, 5.41) is 8.70. The predicted molar refractivity (Wildman–Crippen MR) is 65.0 cm³/mol. The Kier molecular flexibility index (Phi) is 3.31. The van der Waals surface area contributed by atoms with Crippen LogP contribution in [0.1, 0.15) is 5.56 Å². The molecule has 96 valence electrons. The van der Waals surface area contributed by atoms with Crippen molar-refractivity contribution in [3.63, 3.8) is 0 Å². The molecule has 1 N–H and O–H groups in total. The molecule has 2 rings (SSSR count). The van der Waals surface area contributed by atoms with Gasteiger partial charge in [-0.1, -0.05) is 0 Å². The van der Waals surface area contributed by atoms with Crippen LogP contribution in [0.25, 0.3) is 5.69 Å². The highest BCUT2D eigenvalue weighted by Crippen LogP contribution is 2.21. The van der Waals surface area contributed by atoms with Crippen molar-refractivity contribution >= 4 is 15.9 Å². The topological polar surface area (TPSA) is 78.7 Å². The largest absolute Gasteiger partial charge is 0.333 e. The summed E-state index contributed by atoms with van der Waals surface area (Å²) in [7, 11) is 0. The molecule has 0 aliphatic carbocycles. The normalized spacial score (nSPS) is 10.2. The standard InChI is InChI=1S/C11H4BrF2N3O2/c12-6-1-9(8(14)2-7(6)13)17-4-5(3-15)10(18)16-11(17)19/h1-2,4H,(H,16,18,19). The Balaban J connectivity index is 2.80. The van der Waals surface area contributed by atoms with Gasteiger partial charge in [0.15, 0.2) is 0 Å². The Labute approximate surface area is 112 Å². The number of nitriles is 1. The van der Waals surface area contributed by atoms with E-state index in [-0.39, 0.29) is 15.7 Å². The third kappa shape index (κ3) is 2.32. The first kappa shape index (κ1) is 13.2. The summed E-state index contributed by atoms with van der Waals surface area (Å²) in [6.07, 6.45) is 0.893. The Hall–Kier alpha value is -2.27. The van der Waals surface area contributed by atoms with Crippen molar-refractivity contribution in [1.29, 1.82) is 5.26 Å². The van der Waals surface area contributed by atoms with E-state index in [1.807, 2.05) is 4.98 Å². The minimum absolute atomic E-state index is 0.0551. The molecule has 19 heavy (non-hydrogen) atoms. The van der Waals surface area contributed by atoms with Gasteiger partial charge in [0, 0.05) is 12.3 Å². The van der Waals surface area contributed by atoms with Crippen LogP contribution in [-0.2, 0) is 0 Å². The maximum atomic E-state index is 13.6. The van der Waals surface area contributed by atoms with Crippen LogP contribution in [0, 0.1) is 23.0 Å². The summed E-state index contributed by atoms with van der Waals surface area (Å²) in [4.78, 5) is 24.7. The van der Waals surface area contributed by atoms with E-state index in [9.17, 15) is 18.4 Å². The Morgan fingerprint density at radius 1 is 1.26 bits per heavy atom. The van der Waals surface area contributed by atoms with Crippen molar-refractivity contribution < 1.29 is 8.78 Å². The molecule has 0 spiro atoms. The quantitative estimate of drug-likeness (QED) is 0.805. The molecule has 2 aromatic rings. The van der Waals surface area contributed by atoms with Gasteiger partial charge in [0.1, 0.15) is 23.3 Å². The average molecular weight is 328 g/mol. The van der Waals surface area contributed by atoms with Crippen LogP contribution >= 0.6 is 15.9 Å². The number of nitrogens with zero attached hydrogens (tertiary/aromatic N) is 2. The van der Waals surface area contributed by atoms with E-state index in [4.69, 9.17) is 5.26 Å². The minimum Gasteiger partial charge on any atom is -0.273 e. The SMILES string of the molecule is N#Cc1cn(-c2cc(Br)c(F)cc2F)c(=O)[nH]c1=O. The zero-order valence-electron chi connectivity index (χ0n) is 9.08. The third-order valence-corrected chi connectivity index (χ3v) is 2.92. The van der Waals surface area contributed by atoms with Crippen molar-refractivity contribution in [3.05, 3.63) is 60.8 Å². The third-order valence-electron chi connectivity index (χ3n) is 2.31. The molecular formula is C11H4BrF2N3O2. The van der Waals surface area contributed by atoms with E-state index in [0.29, 0.717) is 6.07 Å². The number of hydrogen-bond donors (Lipinski definition) is 1. The molecule has 1 aromatic carbocycles. The monoisotopic (exact) mass is 327 g/mol. The molecule has 0 saturated heterocycles. The molecule has 0 amide bonds. The summed E-state index contributed by atoms with van der Waals surface area (Å²) in [5.41, 5.74) is -2.45. The van der Waals surface area contributed by atoms with E-state index in [2.05, 4.69) is 15.9 Å². The molecule has 8 heteroatoms. The van der Waals surface area contributed by atoms with Gasteiger partial charge in [0.2, 0.25) is 0 Å². The van der Waals surface area contributed by atoms with E-state index < -0.39 is 22.9 Å². The van der Waals surface area contributed by atoms with E-state index >= 15 is 0 Å². The molecule has 5 nitrogen and oxygen atoms in total. The fourth-order valence-electron chi connectivity index (χ4n) is 1.43. The van der Waals surface area contributed by atoms with E-state index in [1.54, 1.807) is 6.07 Å². The Morgan fingerprint density at radius 2 is 1.95 bits per heavy atom. The van der Waals surface area contributed by atoms with Crippen LogP contribution < -0.4 is 11.2 Å². The van der Waals surface area contributed by atoms with E-state index in [1.165, 1.54) is 0 Å². The Morgan fingerprint density at radius 3 is 2.58 bits per heavy atom. The molecule has 1 aromatic heterocycles. The molecule has 0 atom stereocenters. The van der Waals surface area contributed by atoms with Gasteiger partial charge in [0.05, 0.1) is 10.2 Å². The fourth-order valence-corrected chi connectivity index (χ4v) is 1.76. The number of benzene rings is 1. The van der Waals surface area contributed by atoms with Crippen LogP contribution in [0.5, 0.6) is 0 Å². The van der Waals surface area contributed by atoms with Gasteiger partial charge >= 0.3 is 5.69 Å². The molecule has 0 radical (unpaired) electrons. The molecule has 0 bridgehead atoms. The number of halogens is 3. The predicted octanol–water partition coefficient (Wildman–Crippen LogP) is 1.44. The van der Waals surface area contributed by atoms with Gasteiger partial charge in [-0.2, -0.15) is 5.26 Å². The number of H-pyrrole nitrogens is 1. The van der Waals surface area contributed by atoms with Crippen molar-refractivity contribution in [2.45, 2.75) is 0 Å². The van der Waals surface area contributed by atoms with Gasteiger partial charge in [-0.15, -0.1) is 0 Å². The van der Waals surface area contributed by atoms with Crippen LogP contribution in [0.4, 0.5) is 8.78 Å². The van der Waals surface area contributed by atoms with Crippen molar-refractivity contribution in [1.82, 2.24) is 9.55 Å². The lowest BCUT2D eigenvalue weighted by Crippen LogP contribution is -2.30. The molecule has 0 fully saturated rings. The number of aromatic amines is 1. The fraction of sp³-hybridized carbons (Fsp3) is 0. The number of hydrogen-bond acceptors (Lipinski definition) is 3. The summed E-state index contributed by atoms with van der Waals surface area (Å²) in [5.74, 6) is -1.84. The van der Waals surface area contributed by atoms with Crippen LogP contribution in [0.15, 0.2) is 32.4 Å². The van der Waals surface area contributed by atoms with Gasteiger partial charge < -0.3 is 0 Å². The highest BCUT2D eigenvalue weighted by molar-refractivity contribution is 9.10. The maximum Gasteiger partial charge on any atom is 0.333 e. The first-order valence-electron chi connectivity index (χ1n) is 4.85. The van der Waals surface area contributed by atoms with Gasteiger partial charge in [-0.3, -0.25) is 14.3 Å². The molecule has 0 saturated carbocycles. The van der Waals surface area contributed by atoms with E-state index in [0.717, 1.165) is 16.8 Å². The van der Waals surface area contributed by atoms with Crippen LogP contribution in [0.2, 0.25) is 0 Å². The zero-order valence-corrected chi connectivity index (χ0v) is 10.7. The van der Waals surface area contributed by atoms with Crippen LogP contribution in [0.3, 0.4) is 0 Å². The molecule has 0 unspecified atom stereocenters. The summed E-state index contributed by atoms with van der Waals surface area (Å²) in [6.45, 7) is 0. The number of nitrogens with one attached hydrogen (secondary N) is 1.